The second kappa shape index (κ2) is 5.36. The zero-order valence-electron chi connectivity index (χ0n) is 10.9. The second-order valence-electron chi connectivity index (χ2n) is 4.64. The molecule has 0 fully saturated rings. The van der Waals surface area contributed by atoms with E-state index in [1.165, 1.54) is 16.9 Å². The van der Waals surface area contributed by atoms with Crippen LogP contribution in [0.5, 0.6) is 0 Å². The van der Waals surface area contributed by atoms with E-state index >= 15 is 0 Å². The fourth-order valence-electron chi connectivity index (χ4n) is 1.70. The van der Waals surface area contributed by atoms with Gasteiger partial charge < -0.3 is 5.32 Å². The van der Waals surface area contributed by atoms with Crippen molar-refractivity contribution >= 4 is 22.9 Å². The Morgan fingerprint density at radius 3 is 2.28 bits per heavy atom. The predicted octanol–water partition coefficient (Wildman–Crippen LogP) is 4.43. The first-order chi connectivity index (χ1) is 8.56. The predicted molar refractivity (Wildman–Crippen MR) is 77.5 cm³/mol. The Kier molecular flexibility index (Phi) is 3.82. The number of amides is 1. The van der Waals surface area contributed by atoms with Gasteiger partial charge in [0.15, 0.2) is 0 Å². The summed E-state index contributed by atoms with van der Waals surface area (Å²) < 4.78 is 0. The van der Waals surface area contributed by atoms with Crippen molar-refractivity contribution < 1.29 is 4.79 Å². The SMILES string of the molecule is Cc1ccc(C(=O)Nc2ccc(C(C)C)cc2)s1. The highest BCUT2D eigenvalue weighted by Crippen LogP contribution is 2.19. The number of rotatable bonds is 3. The molecule has 0 saturated heterocycles. The maximum atomic E-state index is 11.9. The molecule has 0 aliphatic rings. The van der Waals surface area contributed by atoms with E-state index in [1.807, 2.05) is 31.2 Å². The molecule has 2 aromatic rings. The standard InChI is InChI=1S/C15H17NOS/c1-10(2)12-5-7-13(8-6-12)16-15(17)14-9-4-11(3)18-14/h4-10H,1-3H3,(H,16,17). The molecule has 1 heterocycles. The molecular weight excluding hydrogens is 242 g/mol. The summed E-state index contributed by atoms with van der Waals surface area (Å²) in [5.41, 5.74) is 2.12. The third-order valence-corrected chi connectivity index (χ3v) is 3.80. The van der Waals surface area contributed by atoms with E-state index in [0.29, 0.717) is 5.92 Å². The molecule has 1 N–H and O–H groups in total. The average Bonchev–Trinajstić information content (AvgIpc) is 2.76. The Bertz CT molecular complexity index is 540. The molecule has 1 aromatic heterocycles. The van der Waals surface area contributed by atoms with E-state index in [-0.39, 0.29) is 5.91 Å². The van der Waals surface area contributed by atoms with Crippen LogP contribution in [0.25, 0.3) is 0 Å². The van der Waals surface area contributed by atoms with Crippen LogP contribution in [-0.4, -0.2) is 5.91 Å². The van der Waals surface area contributed by atoms with Gasteiger partial charge >= 0.3 is 0 Å². The summed E-state index contributed by atoms with van der Waals surface area (Å²) >= 11 is 1.51. The van der Waals surface area contributed by atoms with Gasteiger partial charge in [-0.2, -0.15) is 0 Å². The van der Waals surface area contributed by atoms with Gasteiger partial charge in [-0.3, -0.25) is 4.79 Å². The van der Waals surface area contributed by atoms with Crippen LogP contribution >= 0.6 is 11.3 Å². The molecule has 2 rings (SSSR count). The fraction of sp³-hybridized carbons (Fsp3) is 0.267. The van der Waals surface area contributed by atoms with Crippen molar-refractivity contribution in [1.29, 1.82) is 0 Å². The number of thiophene rings is 1. The number of hydrogen-bond acceptors (Lipinski definition) is 2. The lowest BCUT2D eigenvalue weighted by Gasteiger charge is -2.07. The van der Waals surface area contributed by atoms with Crippen molar-refractivity contribution in [3.8, 4) is 0 Å². The highest BCUT2D eigenvalue weighted by Gasteiger charge is 2.08. The largest absolute Gasteiger partial charge is 0.321 e. The van der Waals surface area contributed by atoms with Gasteiger partial charge in [-0.1, -0.05) is 26.0 Å². The second-order valence-corrected chi connectivity index (χ2v) is 5.93. The third-order valence-electron chi connectivity index (χ3n) is 2.80. The van der Waals surface area contributed by atoms with E-state index in [4.69, 9.17) is 0 Å². The molecule has 0 spiro atoms. The molecule has 0 unspecified atom stereocenters. The van der Waals surface area contributed by atoms with Crippen molar-refractivity contribution in [2.45, 2.75) is 26.7 Å². The van der Waals surface area contributed by atoms with E-state index in [2.05, 4.69) is 31.3 Å². The van der Waals surface area contributed by atoms with Gasteiger partial charge in [0.1, 0.15) is 0 Å². The number of nitrogens with one attached hydrogen (secondary N) is 1. The van der Waals surface area contributed by atoms with Crippen LogP contribution in [0.15, 0.2) is 36.4 Å². The lowest BCUT2D eigenvalue weighted by molar-refractivity contribution is 0.103. The molecule has 1 aromatic carbocycles. The van der Waals surface area contributed by atoms with Crippen molar-refractivity contribution in [3.63, 3.8) is 0 Å². The Hall–Kier alpha value is -1.61. The van der Waals surface area contributed by atoms with Crippen molar-refractivity contribution in [1.82, 2.24) is 0 Å². The summed E-state index contributed by atoms with van der Waals surface area (Å²) in [5, 5.41) is 2.91. The number of carbonyl (C=O) groups is 1. The normalized spacial score (nSPS) is 10.7. The van der Waals surface area contributed by atoms with Crippen LogP contribution in [0.4, 0.5) is 5.69 Å². The van der Waals surface area contributed by atoms with E-state index in [1.54, 1.807) is 0 Å². The van der Waals surface area contributed by atoms with Crippen LogP contribution in [0.3, 0.4) is 0 Å². The first-order valence-electron chi connectivity index (χ1n) is 6.04. The summed E-state index contributed by atoms with van der Waals surface area (Å²) in [7, 11) is 0. The first kappa shape index (κ1) is 12.8. The van der Waals surface area contributed by atoms with Gasteiger partial charge in [0, 0.05) is 10.6 Å². The fourth-order valence-corrected chi connectivity index (χ4v) is 2.46. The Labute approximate surface area is 112 Å². The van der Waals surface area contributed by atoms with Crippen LogP contribution in [0.1, 0.15) is 39.9 Å². The smallest absolute Gasteiger partial charge is 0.265 e. The van der Waals surface area contributed by atoms with Gasteiger partial charge in [-0.25, -0.2) is 0 Å². The van der Waals surface area contributed by atoms with Crippen LogP contribution in [-0.2, 0) is 0 Å². The summed E-state index contributed by atoms with van der Waals surface area (Å²) in [6.07, 6.45) is 0. The van der Waals surface area contributed by atoms with Crippen molar-refractivity contribution in [2.24, 2.45) is 0 Å². The topological polar surface area (TPSA) is 29.1 Å². The zero-order valence-corrected chi connectivity index (χ0v) is 11.7. The minimum atomic E-state index is -0.0367. The Balaban J connectivity index is 2.07. The van der Waals surface area contributed by atoms with Crippen LogP contribution in [0.2, 0.25) is 0 Å². The molecule has 3 heteroatoms. The highest BCUT2D eigenvalue weighted by atomic mass is 32.1. The van der Waals surface area contributed by atoms with Gasteiger partial charge in [0.25, 0.3) is 5.91 Å². The monoisotopic (exact) mass is 259 g/mol. The summed E-state index contributed by atoms with van der Waals surface area (Å²) in [4.78, 5) is 13.8. The van der Waals surface area contributed by atoms with Gasteiger partial charge in [0.05, 0.1) is 4.88 Å². The molecule has 18 heavy (non-hydrogen) atoms. The van der Waals surface area contributed by atoms with E-state index in [0.717, 1.165) is 15.4 Å². The van der Waals surface area contributed by atoms with E-state index < -0.39 is 0 Å². The molecule has 0 saturated carbocycles. The average molecular weight is 259 g/mol. The quantitative estimate of drug-likeness (QED) is 0.868. The summed E-state index contributed by atoms with van der Waals surface area (Å²) in [6, 6.07) is 11.8. The molecular formula is C15H17NOS. The Morgan fingerprint density at radius 2 is 1.78 bits per heavy atom. The lowest BCUT2D eigenvalue weighted by atomic mass is 10.0. The minimum Gasteiger partial charge on any atom is -0.321 e. The number of carbonyl (C=O) groups excluding carboxylic acids is 1. The molecule has 2 nitrogen and oxygen atoms in total. The number of aryl methyl sites for hydroxylation is 1. The molecule has 0 bridgehead atoms. The Morgan fingerprint density at radius 1 is 1.11 bits per heavy atom. The zero-order chi connectivity index (χ0) is 13.1. The van der Waals surface area contributed by atoms with Gasteiger partial charge in [0.2, 0.25) is 0 Å². The molecule has 0 aliphatic heterocycles. The lowest BCUT2D eigenvalue weighted by Crippen LogP contribution is -2.09. The number of benzene rings is 1. The van der Waals surface area contributed by atoms with Gasteiger partial charge in [-0.05, 0) is 42.7 Å². The van der Waals surface area contributed by atoms with E-state index in [9.17, 15) is 4.79 Å². The maximum Gasteiger partial charge on any atom is 0.265 e. The van der Waals surface area contributed by atoms with Crippen molar-refractivity contribution in [2.75, 3.05) is 5.32 Å². The van der Waals surface area contributed by atoms with Gasteiger partial charge in [-0.15, -0.1) is 11.3 Å². The third kappa shape index (κ3) is 2.99. The maximum absolute atomic E-state index is 11.9. The van der Waals surface area contributed by atoms with Crippen LogP contribution in [0, 0.1) is 6.92 Å². The first-order valence-corrected chi connectivity index (χ1v) is 6.85. The molecule has 1 amide bonds. The molecule has 0 radical (unpaired) electrons. The van der Waals surface area contributed by atoms with Crippen LogP contribution < -0.4 is 5.32 Å². The summed E-state index contributed by atoms with van der Waals surface area (Å²) in [6.45, 7) is 6.31. The molecule has 0 atom stereocenters. The summed E-state index contributed by atoms with van der Waals surface area (Å²) in [5.74, 6) is 0.472. The number of anilines is 1. The molecule has 94 valence electrons. The minimum absolute atomic E-state index is 0.0367. The number of hydrogen-bond donors (Lipinski definition) is 1. The highest BCUT2D eigenvalue weighted by molar-refractivity contribution is 7.14. The molecule has 0 aliphatic carbocycles. The van der Waals surface area contributed by atoms with Crippen molar-refractivity contribution in [3.05, 3.63) is 51.7 Å².